The number of hydrogen-bond acceptors (Lipinski definition) is 1. The summed E-state index contributed by atoms with van der Waals surface area (Å²) >= 11 is 0. The van der Waals surface area contributed by atoms with Crippen molar-refractivity contribution in [1.82, 2.24) is 0 Å². The maximum Gasteiger partial charge on any atom is 0.0543 e. The van der Waals surface area contributed by atoms with Crippen LogP contribution < -0.4 is 0 Å². The molecule has 1 heteroatoms. The summed E-state index contributed by atoms with van der Waals surface area (Å²) in [6.45, 7) is 14.3. The van der Waals surface area contributed by atoms with Crippen molar-refractivity contribution >= 4 is 0 Å². The lowest BCUT2D eigenvalue weighted by molar-refractivity contribution is -0.0414. The number of aliphatic hydroxyl groups is 1. The molecule has 4 aliphatic carbocycles. The third-order valence-corrected chi connectivity index (χ3v) is 10.2. The van der Waals surface area contributed by atoms with Crippen LogP contribution in [0.25, 0.3) is 0 Å². The molecule has 0 heterocycles. The zero-order valence-corrected chi connectivity index (χ0v) is 19.8. The highest BCUT2D eigenvalue weighted by Gasteiger charge is 2.57. The van der Waals surface area contributed by atoms with Crippen LogP contribution in [0.1, 0.15) is 92.9 Å². The first kappa shape index (κ1) is 21.4. The topological polar surface area (TPSA) is 20.2 Å². The Bertz CT molecular complexity index is 723. The van der Waals surface area contributed by atoms with E-state index in [-0.39, 0.29) is 6.10 Å². The SMILES string of the molecule is CC(C)=C(C)C=CC(C)C1CCC2C3=CCC4CC(O)CCC4(C)C3CCC21C. The van der Waals surface area contributed by atoms with Crippen molar-refractivity contribution in [2.75, 3.05) is 0 Å². The molecule has 8 atom stereocenters. The molecule has 1 N–H and O–H groups in total. The highest BCUT2D eigenvalue weighted by Crippen LogP contribution is 2.66. The van der Waals surface area contributed by atoms with Gasteiger partial charge in [-0.3, -0.25) is 0 Å². The van der Waals surface area contributed by atoms with Crippen LogP contribution in [0.15, 0.2) is 34.9 Å². The number of fused-ring (bicyclic) bond motifs is 5. The predicted octanol–water partition coefficient (Wildman–Crippen LogP) is 7.47. The largest absolute Gasteiger partial charge is 0.393 e. The first-order valence-corrected chi connectivity index (χ1v) is 12.4. The first-order chi connectivity index (χ1) is 13.7. The molecule has 3 saturated carbocycles. The second-order valence-corrected chi connectivity index (χ2v) is 11.8. The van der Waals surface area contributed by atoms with Gasteiger partial charge in [0.2, 0.25) is 0 Å². The number of rotatable bonds is 3. The van der Waals surface area contributed by atoms with Gasteiger partial charge in [0.05, 0.1) is 6.10 Å². The molecule has 0 saturated heterocycles. The molecular weight excluding hydrogens is 352 g/mol. The van der Waals surface area contributed by atoms with Crippen LogP contribution >= 0.6 is 0 Å². The van der Waals surface area contributed by atoms with Crippen LogP contribution in [0.2, 0.25) is 0 Å². The second kappa shape index (κ2) is 7.70. The molecule has 29 heavy (non-hydrogen) atoms. The van der Waals surface area contributed by atoms with Crippen LogP contribution in [-0.4, -0.2) is 11.2 Å². The standard InChI is InChI=1S/C28H44O/c1-18(2)19(3)7-8-20(4)24-11-12-25-23-10-9-21-17-22(29)13-15-27(21,5)26(23)14-16-28(24,25)6/h7-8,10,20-22,24-26,29H,9,11-17H2,1-6H3. The Morgan fingerprint density at radius 2 is 1.72 bits per heavy atom. The molecule has 0 aromatic heterocycles. The molecule has 1 nitrogen and oxygen atoms in total. The van der Waals surface area contributed by atoms with E-state index in [0.717, 1.165) is 30.6 Å². The maximum atomic E-state index is 10.2. The van der Waals surface area contributed by atoms with Gasteiger partial charge in [0, 0.05) is 0 Å². The van der Waals surface area contributed by atoms with E-state index in [1.165, 1.54) is 49.7 Å². The van der Waals surface area contributed by atoms with Crippen molar-refractivity contribution in [2.45, 2.75) is 99.0 Å². The minimum absolute atomic E-state index is 0.0513. The van der Waals surface area contributed by atoms with Gasteiger partial charge < -0.3 is 5.11 Å². The average molecular weight is 397 g/mol. The van der Waals surface area contributed by atoms with Crippen LogP contribution in [0.5, 0.6) is 0 Å². The molecule has 162 valence electrons. The molecule has 3 fully saturated rings. The molecule has 0 aliphatic heterocycles. The zero-order chi connectivity index (χ0) is 21.0. The van der Waals surface area contributed by atoms with Gasteiger partial charge >= 0.3 is 0 Å². The van der Waals surface area contributed by atoms with Crippen LogP contribution in [-0.2, 0) is 0 Å². The van der Waals surface area contributed by atoms with E-state index in [1.807, 2.05) is 5.57 Å². The van der Waals surface area contributed by atoms with E-state index in [2.05, 4.69) is 59.8 Å². The minimum Gasteiger partial charge on any atom is -0.393 e. The van der Waals surface area contributed by atoms with Gasteiger partial charge in [0.15, 0.2) is 0 Å². The number of aliphatic hydroxyl groups excluding tert-OH is 1. The molecule has 8 unspecified atom stereocenters. The summed E-state index contributed by atoms with van der Waals surface area (Å²) in [4.78, 5) is 0. The fourth-order valence-electron chi connectivity index (χ4n) is 7.99. The Kier molecular flexibility index (Phi) is 5.69. The molecule has 0 bridgehead atoms. The molecule has 0 amide bonds. The van der Waals surface area contributed by atoms with E-state index in [0.29, 0.717) is 22.7 Å². The molecule has 4 rings (SSSR count). The highest BCUT2D eigenvalue weighted by atomic mass is 16.3. The Morgan fingerprint density at radius 3 is 2.45 bits per heavy atom. The minimum atomic E-state index is -0.0513. The van der Waals surface area contributed by atoms with Crippen molar-refractivity contribution in [3.63, 3.8) is 0 Å². The Labute approximate surface area is 179 Å². The normalized spacial score (nSPS) is 45.2. The van der Waals surface area contributed by atoms with E-state index >= 15 is 0 Å². The van der Waals surface area contributed by atoms with Gasteiger partial charge in [-0.1, -0.05) is 55.7 Å². The van der Waals surface area contributed by atoms with Gasteiger partial charge in [0.25, 0.3) is 0 Å². The Balaban J connectivity index is 1.56. The van der Waals surface area contributed by atoms with Crippen LogP contribution in [0.3, 0.4) is 0 Å². The summed E-state index contributed by atoms with van der Waals surface area (Å²) in [5.74, 6) is 3.76. The lowest BCUT2D eigenvalue weighted by Gasteiger charge is -2.57. The monoisotopic (exact) mass is 396 g/mol. The first-order valence-electron chi connectivity index (χ1n) is 12.4. The predicted molar refractivity (Wildman–Crippen MR) is 124 cm³/mol. The smallest absolute Gasteiger partial charge is 0.0543 e. The van der Waals surface area contributed by atoms with Crippen molar-refractivity contribution in [3.05, 3.63) is 34.9 Å². The van der Waals surface area contributed by atoms with Crippen molar-refractivity contribution in [2.24, 2.45) is 40.4 Å². The molecule has 0 radical (unpaired) electrons. The summed E-state index contributed by atoms with van der Waals surface area (Å²) in [6.07, 6.45) is 17.5. The van der Waals surface area contributed by atoms with Gasteiger partial charge in [-0.2, -0.15) is 0 Å². The molecular formula is C28H44O. The summed E-state index contributed by atoms with van der Waals surface area (Å²) in [7, 11) is 0. The maximum absolute atomic E-state index is 10.2. The number of hydrogen-bond donors (Lipinski definition) is 1. The highest BCUT2D eigenvalue weighted by molar-refractivity contribution is 5.28. The summed E-state index contributed by atoms with van der Waals surface area (Å²) in [5, 5.41) is 10.2. The lowest BCUT2D eigenvalue weighted by atomic mass is 9.47. The van der Waals surface area contributed by atoms with Crippen molar-refractivity contribution < 1.29 is 5.11 Å². The molecule has 0 aromatic carbocycles. The van der Waals surface area contributed by atoms with E-state index in [9.17, 15) is 5.11 Å². The molecule has 4 aliphatic rings. The number of allylic oxidation sites excluding steroid dienone is 6. The summed E-state index contributed by atoms with van der Waals surface area (Å²) < 4.78 is 0. The average Bonchev–Trinajstić information content (AvgIpc) is 3.03. The van der Waals surface area contributed by atoms with E-state index < -0.39 is 0 Å². The summed E-state index contributed by atoms with van der Waals surface area (Å²) in [6, 6.07) is 0. The van der Waals surface area contributed by atoms with Crippen molar-refractivity contribution in [1.29, 1.82) is 0 Å². The van der Waals surface area contributed by atoms with Gasteiger partial charge in [0.1, 0.15) is 0 Å². The van der Waals surface area contributed by atoms with Crippen LogP contribution in [0.4, 0.5) is 0 Å². The van der Waals surface area contributed by atoms with E-state index in [4.69, 9.17) is 0 Å². The quantitative estimate of drug-likeness (QED) is 0.387. The molecule has 0 aromatic rings. The van der Waals surface area contributed by atoms with Gasteiger partial charge in [-0.05, 0) is 113 Å². The van der Waals surface area contributed by atoms with Crippen LogP contribution in [0, 0.1) is 40.4 Å². The fraction of sp³-hybridized carbons (Fsp3) is 0.786. The van der Waals surface area contributed by atoms with Gasteiger partial charge in [-0.15, -0.1) is 0 Å². The van der Waals surface area contributed by atoms with Crippen molar-refractivity contribution in [3.8, 4) is 0 Å². The van der Waals surface area contributed by atoms with Gasteiger partial charge in [-0.25, -0.2) is 0 Å². The fourth-order valence-corrected chi connectivity index (χ4v) is 7.99. The second-order valence-electron chi connectivity index (χ2n) is 11.8. The summed E-state index contributed by atoms with van der Waals surface area (Å²) in [5.41, 5.74) is 5.61. The third-order valence-electron chi connectivity index (χ3n) is 10.2. The lowest BCUT2D eigenvalue weighted by Crippen LogP contribution is -2.49. The van der Waals surface area contributed by atoms with E-state index in [1.54, 1.807) is 0 Å². The molecule has 0 spiro atoms. The Morgan fingerprint density at radius 1 is 1.03 bits per heavy atom. The zero-order valence-electron chi connectivity index (χ0n) is 19.8. The Hall–Kier alpha value is -0.820. The third kappa shape index (κ3) is 3.50.